The second-order valence-corrected chi connectivity index (χ2v) is 17.3. The standard InChI is InChI=1S/C32H24F4N4.C25H20F2N4.C2H6/c33-27-8-2-9-28(34)25(27)18-40(19-26-29(35)10-3-11-30(26)36)23-12-13-24-20(15-23)5-1-6-21-17-38-32(39-31(21)24)22-7-4-14-37-16-22;26-22-7-2-8-23(27)21(22)15-29-19-9-10-20-16(12-19)4-1-5-17-14-30-25(31-24(17)20)18-6-3-11-28-13-18;1-2/h2-4,7-17H,1,5-6,18-19H2;2-3,6-14,29H,1,4-5,15H2;1-2H3. The zero-order valence-electron chi connectivity index (χ0n) is 40.2. The topological polar surface area (TPSA) is 92.6 Å². The normalized spacial score (nSPS) is 12.2. The molecule has 4 aromatic heterocycles. The summed E-state index contributed by atoms with van der Waals surface area (Å²) in [6.07, 6.45) is 15.8. The van der Waals surface area contributed by atoms with E-state index in [0.717, 1.165) is 100 Å². The Morgan fingerprint density at radius 3 is 1.37 bits per heavy atom. The van der Waals surface area contributed by atoms with Crippen LogP contribution >= 0.6 is 0 Å². The second-order valence-electron chi connectivity index (χ2n) is 17.3. The summed E-state index contributed by atoms with van der Waals surface area (Å²) < 4.78 is 86.5. The van der Waals surface area contributed by atoms with Gasteiger partial charge in [-0.05, 0) is 146 Å². The molecule has 0 amide bonds. The third-order valence-corrected chi connectivity index (χ3v) is 12.8. The maximum atomic E-state index is 14.7. The van der Waals surface area contributed by atoms with Crippen molar-refractivity contribution >= 4 is 11.4 Å². The summed E-state index contributed by atoms with van der Waals surface area (Å²) in [7, 11) is 0. The molecular weight excluding hydrogens is 935 g/mol. The van der Waals surface area contributed by atoms with Crippen LogP contribution in [0.1, 0.15) is 65.6 Å². The smallest absolute Gasteiger partial charge is 0.161 e. The Hall–Kier alpha value is -8.26. The van der Waals surface area contributed by atoms with E-state index in [1.54, 1.807) is 35.8 Å². The molecule has 2 aliphatic carbocycles. The van der Waals surface area contributed by atoms with Crippen molar-refractivity contribution in [3.63, 3.8) is 0 Å². The summed E-state index contributed by atoms with van der Waals surface area (Å²) in [5, 5.41) is 3.15. The minimum absolute atomic E-state index is 0.0386. The lowest BCUT2D eigenvalue weighted by atomic mass is 10.00. The van der Waals surface area contributed by atoms with Crippen LogP contribution in [0, 0.1) is 34.9 Å². The van der Waals surface area contributed by atoms with E-state index in [9.17, 15) is 26.3 Å². The minimum atomic E-state index is -0.720. The van der Waals surface area contributed by atoms with Crippen LogP contribution in [-0.4, -0.2) is 29.9 Å². The van der Waals surface area contributed by atoms with Crippen LogP contribution < -0.4 is 10.2 Å². The van der Waals surface area contributed by atoms with Gasteiger partial charge in [0.2, 0.25) is 0 Å². The number of benzene rings is 5. The van der Waals surface area contributed by atoms with Crippen molar-refractivity contribution in [2.45, 2.75) is 72.0 Å². The molecule has 8 nitrogen and oxygen atoms in total. The van der Waals surface area contributed by atoms with Crippen LogP contribution in [0.25, 0.3) is 45.3 Å². The first-order valence-electron chi connectivity index (χ1n) is 24.2. The first-order valence-corrected chi connectivity index (χ1v) is 24.2. The van der Waals surface area contributed by atoms with E-state index in [2.05, 4.69) is 31.3 Å². The maximum Gasteiger partial charge on any atom is 0.161 e. The fraction of sp³-hybridized carbons (Fsp3) is 0.186. The third-order valence-electron chi connectivity index (χ3n) is 12.8. The van der Waals surface area contributed by atoms with Gasteiger partial charge >= 0.3 is 0 Å². The number of hydrogen-bond donors (Lipinski definition) is 1. The lowest BCUT2D eigenvalue weighted by Gasteiger charge is -2.27. The number of nitrogens with zero attached hydrogens (tertiary/aromatic N) is 7. The molecule has 0 saturated heterocycles. The van der Waals surface area contributed by atoms with Crippen LogP contribution in [0.15, 0.2) is 152 Å². The number of hydrogen-bond acceptors (Lipinski definition) is 8. The van der Waals surface area contributed by atoms with Crippen LogP contribution in [0.4, 0.5) is 37.7 Å². The average molecular weight is 985 g/mol. The molecule has 4 heterocycles. The molecule has 14 heteroatoms. The van der Waals surface area contributed by atoms with Crippen molar-refractivity contribution in [1.29, 1.82) is 0 Å². The van der Waals surface area contributed by atoms with Crippen molar-refractivity contribution < 1.29 is 26.3 Å². The molecule has 73 heavy (non-hydrogen) atoms. The molecule has 0 unspecified atom stereocenters. The number of nitrogens with one attached hydrogen (secondary N) is 1. The molecule has 0 radical (unpaired) electrons. The number of halogens is 6. The minimum Gasteiger partial charge on any atom is -0.381 e. The van der Waals surface area contributed by atoms with Crippen molar-refractivity contribution in [3.05, 3.63) is 226 Å². The summed E-state index contributed by atoms with van der Waals surface area (Å²) in [6, 6.07) is 30.4. The summed E-state index contributed by atoms with van der Waals surface area (Å²) in [5.41, 5.74) is 10.8. The van der Waals surface area contributed by atoms with Crippen molar-refractivity contribution in [2.75, 3.05) is 10.2 Å². The van der Waals surface area contributed by atoms with Gasteiger partial charge < -0.3 is 10.2 Å². The Bertz CT molecular complexity index is 3260. The SMILES string of the molecule is CC.Fc1cccc(F)c1CN(Cc1c(F)cccc1F)c1ccc2c(c1)CCCc1cnc(-c3cccnc3)nc1-2.Fc1cccc(F)c1CNc1ccc2c(c1)CCCc1cnc(-c3cccnc3)nc1-2. The van der Waals surface area contributed by atoms with E-state index in [1.807, 2.05) is 74.8 Å². The lowest BCUT2D eigenvalue weighted by Crippen LogP contribution is -2.25. The zero-order valence-corrected chi connectivity index (χ0v) is 40.2. The molecule has 5 aromatic carbocycles. The first kappa shape index (κ1) is 49.7. The Kier molecular flexibility index (Phi) is 15.6. The van der Waals surface area contributed by atoms with Gasteiger partial charge in [-0.25, -0.2) is 46.3 Å². The Morgan fingerprint density at radius 1 is 0.466 bits per heavy atom. The molecule has 0 fully saturated rings. The van der Waals surface area contributed by atoms with E-state index in [4.69, 9.17) is 9.97 Å². The summed E-state index contributed by atoms with van der Waals surface area (Å²) >= 11 is 0. The fourth-order valence-corrected chi connectivity index (χ4v) is 9.09. The van der Waals surface area contributed by atoms with Crippen LogP contribution in [0.2, 0.25) is 0 Å². The average Bonchev–Trinajstić information content (AvgIpc) is 3.72. The monoisotopic (exact) mass is 984 g/mol. The van der Waals surface area contributed by atoms with E-state index < -0.39 is 34.9 Å². The van der Waals surface area contributed by atoms with Gasteiger partial charge in [0.05, 0.1) is 11.4 Å². The van der Waals surface area contributed by atoms with Gasteiger partial charge in [0.15, 0.2) is 11.6 Å². The largest absolute Gasteiger partial charge is 0.381 e. The van der Waals surface area contributed by atoms with Gasteiger partial charge in [-0.3, -0.25) is 9.97 Å². The number of fused-ring (bicyclic) bond motifs is 6. The predicted molar refractivity (Wildman–Crippen MR) is 273 cm³/mol. The molecule has 0 bridgehead atoms. The quantitative estimate of drug-likeness (QED) is 0.136. The van der Waals surface area contributed by atoms with Crippen molar-refractivity contribution in [2.24, 2.45) is 0 Å². The fourth-order valence-electron chi connectivity index (χ4n) is 9.09. The van der Waals surface area contributed by atoms with Gasteiger partial charge in [-0.15, -0.1) is 0 Å². The van der Waals surface area contributed by atoms with Gasteiger partial charge in [-0.1, -0.05) is 44.2 Å². The van der Waals surface area contributed by atoms with Crippen LogP contribution in [0.5, 0.6) is 0 Å². The lowest BCUT2D eigenvalue weighted by molar-refractivity contribution is 0.534. The molecule has 2 aliphatic rings. The number of rotatable bonds is 10. The molecule has 11 rings (SSSR count). The van der Waals surface area contributed by atoms with E-state index >= 15 is 0 Å². The first-order chi connectivity index (χ1) is 35.7. The van der Waals surface area contributed by atoms with Gasteiger partial charge in [0.1, 0.15) is 34.9 Å². The number of aromatic nitrogens is 6. The Labute approximate surface area is 420 Å². The summed E-state index contributed by atoms with van der Waals surface area (Å²) in [6.45, 7) is 3.66. The van der Waals surface area contributed by atoms with Crippen LogP contribution in [-0.2, 0) is 45.3 Å². The van der Waals surface area contributed by atoms with E-state index in [-0.39, 0.29) is 36.3 Å². The molecule has 0 atom stereocenters. The highest BCUT2D eigenvalue weighted by Gasteiger charge is 2.23. The molecule has 368 valence electrons. The Balaban J connectivity index is 0.000000179. The van der Waals surface area contributed by atoms with E-state index in [1.165, 1.54) is 54.6 Å². The zero-order chi connectivity index (χ0) is 50.8. The van der Waals surface area contributed by atoms with Crippen molar-refractivity contribution in [1.82, 2.24) is 29.9 Å². The molecule has 9 aromatic rings. The number of anilines is 2. The highest BCUT2D eigenvalue weighted by Crippen LogP contribution is 2.37. The molecule has 0 saturated carbocycles. The number of aryl methyl sites for hydroxylation is 4. The molecule has 1 N–H and O–H groups in total. The van der Waals surface area contributed by atoms with Crippen molar-refractivity contribution in [3.8, 4) is 45.3 Å². The Morgan fingerprint density at radius 2 is 0.904 bits per heavy atom. The second kappa shape index (κ2) is 22.9. The third kappa shape index (κ3) is 11.3. The summed E-state index contributed by atoms with van der Waals surface area (Å²) in [4.78, 5) is 28.8. The highest BCUT2D eigenvalue weighted by molar-refractivity contribution is 5.74. The van der Waals surface area contributed by atoms with Gasteiger partial charge in [-0.2, -0.15) is 0 Å². The maximum absolute atomic E-state index is 14.7. The van der Waals surface area contributed by atoms with Gasteiger partial charge in [0.25, 0.3) is 0 Å². The summed E-state index contributed by atoms with van der Waals surface area (Å²) in [5.74, 6) is -2.76. The van der Waals surface area contributed by atoms with Crippen LogP contribution in [0.3, 0.4) is 0 Å². The molecule has 0 spiro atoms. The molecular formula is C59H50F6N8. The highest BCUT2D eigenvalue weighted by atomic mass is 19.2. The van der Waals surface area contributed by atoms with E-state index in [0.29, 0.717) is 17.3 Å². The molecule has 0 aliphatic heterocycles. The predicted octanol–water partition coefficient (Wildman–Crippen LogP) is 14.1. The van der Waals surface area contributed by atoms with Gasteiger partial charge in [0, 0.05) is 107 Å². The number of pyridine rings is 2.